The molecule has 2 aromatic rings. The minimum absolute atomic E-state index is 0.131. The predicted molar refractivity (Wildman–Crippen MR) is 77.9 cm³/mol. The number of likely N-dealkylation sites (tertiary alicyclic amines) is 1. The van der Waals surface area contributed by atoms with Crippen molar-refractivity contribution in [1.29, 1.82) is 0 Å². The van der Waals surface area contributed by atoms with E-state index in [-0.39, 0.29) is 11.8 Å². The number of likely N-dealkylation sites (N-methyl/N-ethyl adjacent to an activating group) is 1. The number of fused-ring (bicyclic) bond motifs is 1. The molecule has 0 bridgehead atoms. The Balaban J connectivity index is 2.17. The summed E-state index contributed by atoms with van der Waals surface area (Å²) in [7, 11) is 1.53. The van der Waals surface area contributed by atoms with Gasteiger partial charge in [-0.25, -0.2) is 0 Å². The number of benzene rings is 1. The summed E-state index contributed by atoms with van der Waals surface area (Å²) in [6, 6.07) is 5.56. The van der Waals surface area contributed by atoms with Crippen LogP contribution in [0.5, 0.6) is 0 Å². The molecule has 1 atom stereocenters. The van der Waals surface area contributed by atoms with Crippen LogP contribution in [0.3, 0.4) is 0 Å². The first-order valence-electron chi connectivity index (χ1n) is 6.50. The number of aromatic nitrogens is 2. The summed E-state index contributed by atoms with van der Waals surface area (Å²) in [4.78, 5) is 28.2. The third kappa shape index (κ3) is 1.87. The highest BCUT2D eigenvalue weighted by atomic mass is 32.1. The van der Waals surface area contributed by atoms with Crippen molar-refractivity contribution in [3.8, 4) is 0 Å². The van der Waals surface area contributed by atoms with Gasteiger partial charge in [0.15, 0.2) is 4.77 Å². The molecule has 0 saturated carbocycles. The van der Waals surface area contributed by atoms with E-state index in [9.17, 15) is 9.59 Å². The van der Waals surface area contributed by atoms with Crippen molar-refractivity contribution in [3.63, 3.8) is 0 Å². The number of nitrogens with one attached hydrogen (secondary N) is 1. The molecule has 0 spiro atoms. The van der Waals surface area contributed by atoms with Gasteiger partial charge in [-0.3, -0.25) is 14.5 Å². The first kappa shape index (κ1) is 13.1. The molecule has 1 saturated heterocycles. The Morgan fingerprint density at radius 3 is 2.85 bits per heavy atom. The van der Waals surface area contributed by atoms with Crippen molar-refractivity contribution in [2.24, 2.45) is 0 Å². The van der Waals surface area contributed by atoms with Gasteiger partial charge in [0.25, 0.3) is 5.91 Å². The monoisotopic (exact) mass is 289 g/mol. The van der Waals surface area contributed by atoms with Crippen molar-refractivity contribution in [2.45, 2.75) is 25.8 Å². The molecule has 1 fully saturated rings. The lowest BCUT2D eigenvalue weighted by Gasteiger charge is -2.28. The van der Waals surface area contributed by atoms with E-state index < -0.39 is 6.04 Å². The number of aromatic amines is 1. The number of imide groups is 1. The highest BCUT2D eigenvalue weighted by molar-refractivity contribution is 7.71. The van der Waals surface area contributed by atoms with Crippen LogP contribution in [0, 0.1) is 11.7 Å². The molecule has 5 nitrogen and oxygen atoms in total. The zero-order valence-electron chi connectivity index (χ0n) is 11.3. The lowest BCUT2D eigenvalue weighted by Crippen LogP contribution is -2.43. The van der Waals surface area contributed by atoms with Crippen molar-refractivity contribution < 1.29 is 9.59 Å². The third-order valence-electron chi connectivity index (χ3n) is 3.81. The Bertz CT molecular complexity index is 774. The number of carbonyl (C=O) groups excluding carboxylic acids is 2. The van der Waals surface area contributed by atoms with Gasteiger partial charge in [-0.15, -0.1) is 0 Å². The van der Waals surface area contributed by atoms with Gasteiger partial charge >= 0.3 is 0 Å². The standard InChI is InChI=1S/C14H15N3O2S/c1-8-3-4-9-11(7-8)17(14(20)15-9)10-5-6-12(18)16(2)13(10)19/h3-4,7,10H,5-6H2,1-2H3,(H,15,20). The van der Waals surface area contributed by atoms with Crippen LogP contribution in [0.15, 0.2) is 18.2 Å². The second-order valence-electron chi connectivity index (χ2n) is 5.17. The fraction of sp³-hybridized carbons (Fsp3) is 0.357. The Morgan fingerprint density at radius 1 is 1.35 bits per heavy atom. The molecule has 1 aromatic carbocycles. The van der Waals surface area contributed by atoms with Gasteiger partial charge in [-0.1, -0.05) is 6.07 Å². The van der Waals surface area contributed by atoms with Gasteiger partial charge in [0.2, 0.25) is 5.91 Å². The zero-order chi connectivity index (χ0) is 14.4. The van der Waals surface area contributed by atoms with Gasteiger partial charge in [0.1, 0.15) is 6.04 Å². The van der Waals surface area contributed by atoms with Crippen LogP contribution in [-0.4, -0.2) is 33.3 Å². The van der Waals surface area contributed by atoms with Gasteiger partial charge in [-0.2, -0.15) is 0 Å². The molecule has 6 heteroatoms. The first-order chi connectivity index (χ1) is 9.49. The van der Waals surface area contributed by atoms with Crippen LogP contribution >= 0.6 is 12.2 Å². The Morgan fingerprint density at radius 2 is 2.10 bits per heavy atom. The number of rotatable bonds is 1. The average Bonchev–Trinajstić information content (AvgIpc) is 2.72. The van der Waals surface area contributed by atoms with E-state index in [1.54, 1.807) is 0 Å². The van der Waals surface area contributed by atoms with Crippen molar-refractivity contribution in [2.75, 3.05) is 7.05 Å². The van der Waals surface area contributed by atoms with Crippen LogP contribution in [0.1, 0.15) is 24.4 Å². The molecule has 1 unspecified atom stereocenters. The summed E-state index contributed by atoms with van der Waals surface area (Å²) < 4.78 is 2.36. The summed E-state index contributed by atoms with van der Waals surface area (Å²) >= 11 is 5.35. The van der Waals surface area contributed by atoms with Crippen molar-refractivity contribution >= 4 is 35.1 Å². The number of aryl methyl sites for hydroxylation is 1. The summed E-state index contributed by atoms with van der Waals surface area (Å²) in [6.07, 6.45) is 0.865. The van der Waals surface area contributed by atoms with E-state index in [1.165, 1.54) is 11.9 Å². The number of carbonyl (C=O) groups is 2. The van der Waals surface area contributed by atoms with Crippen LogP contribution in [0.25, 0.3) is 11.0 Å². The van der Waals surface area contributed by atoms with Crippen LogP contribution in [-0.2, 0) is 9.59 Å². The molecule has 1 aliphatic heterocycles. The van der Waals surface area contributed by atoms with Crippen molar-refractivity contribution in [3.05, 3.63) is 28.5 Å². The van der Waals surface area contributed by atoms with Crippen LogP contribution in [0.2, 0.25) is 0 Å². The number of amides is 2. The highest BCUT2D eigenvalue weighted by Crippen LogP contribution is 2.28. The quantitative estimate of drug-likeness (QED) is 0.647. The second-order valence-corrected chi connectivity index (χ2v) is 5.55. The number of imidazole rings is 1. The average molecular weight is 289 g/mol. The van der Waals surface area contributed by atoms with E-state index >= 15 is 0 Å². The molecule has 1 aliphatic rings. The maximum Gasteiger partial charge on any atom is 0.252 e. The van der Waals surface area contributed by atoms with Gasteiger partial charge in [-0.05, 0) is 43.3 Å². The smallest absolute Gasteiger partial charge is 0.252 e. The van der Waals surface area contributed by atoms with E-state index in [0.717, 1.165) is 16.6 Å². The molecule has 0 radical (unpaired) electrons. The topological polar surface area (TPSA) is 58.1 Å². The lowest BCUT2D eigenvalue weighted by atomic mass is 10.0. The molecule has 20 heavy (non-hydrogen) atoms. The normalized spacial score (nSPS) is 19.9. The molecule has 1 N–H and O–H groups in total. The number of H-pyrrole nitrogens is 1. The minimum atomic E-state index is -0.402. The molecule has 2 heterocycles. The fourth-order valence-corrected chi connectivity index (χ4v) is 3.01. The highest BCUT2D eigenvalue weighted by Gasteiger charge is 2.34. The van der Waals surface area contributed by atoms with Crippen LogP contribution < -0.4 is 0 Å². The number of hydrogen-bond donors (Lipinski definition) is 1. The maximum absolute atomic E-state index is 12.3. The molecule has 104 valence electrons. The SMILES string of the molecule is Cc1ccc2[nH]c(=S)n(C3CCC(=O)N(C)C3=O)c2c1. The molecular weight excluding hydrogens is 274 g/mol. The van der Waals surface area contributed by atoms with Gasteiger partial charge in [0.05, 0.1) is 11.0 Å². The van der Waals surface area contributed by atoms with E-state index in [4.69, 9.17) is 12.2 Å². The minimum Gasteiger partial charge on any atom is -0.331 e. The molecule has 1 aromatic heterocycles. The van der Waals surface area contributed by atoms with E-state index in [0.29, 0.717) is 17.6 Å². The summed E-state index contributed by atoms with van der Waals surface area (Å²) in [5, 5.41) is 0. The Labute approximate surface area is 121 Å². The second kappa shape index (κ2) is 4.56. The third-order valence-corrected chi connectivity index (χ3v) is 4.10. The Kier molecular flexibility index (Phi) is 2.97. The molecule has 0 aliphatic carbocycles. The Hall–Kier alpha value is -1.95. The summed E-state index contributed by atoms with van der Waals surface area (Å²) in [5.41, 5.74) is 2.93. The van der Waals surface area contributed by atoms with E-state index in [2.05, 4.69) is 4.98 Å². The molecule has 2 amide bonds. The molecular formula is C14H15N3O2S. The lowest BCUT2D eigenvalue weighted by molar-refractivity contribution is -0.149. The summed E-state index contributed by atoms with van der Waals surface area (Å²) in [6.45, 7) is 2.00. The number of piperidine rings is 1. The summed E-state index contributed by atoms with van der Waals surface area (Å²) in [5.74, 6) is -0.325. The largest absolute Gasteiger partial charge is 0.331 e. The number of nitrogens with zero attached hydrogens (tertiary/aromatic N) is 2. The molecule has 3 rings (SSSR count). The van der Waals surface area contributed by atoms with Crippen molar-refractivity contribution in [1.82, 2.24) is 14.5 Å². The maximum atomic E-state index is 12.3. The van der Waals surface area contributed by atoms with Crippen LogP contribution in [0.4, 0.5) is 0 Å². The van der Waals surface area contributed by atoms with Gasteiger partial charge < -0.3 is 9.55 Å². The number of hydrogen-bond acceptors (Lipinski definition) is 3. The van der Waals surface area contributed by atoms with E-state index in [1.807, 2.05) is 29.7 Å². The predicted octanol–water partition coefficient (Wildman–Crippen LogP) is 2.33. The zero-order valence-corrected chi connectivity index (χ0v) is 12.2. The first-order valence-corrected chi connectivity index (χ1v) is 6.91. The fourth-order valence-electron chi connectivity index (χ4n) is 2.68. The van der Waals surface area contributed by atoms with Gasteiger partial charge in [0, 0.05) is 13.5 Å².